The van der Waals surface area contributed by atoms with E-state index in [9.17, 15) is 17.6 Å². The van der Waals surface area contributed by atoms with Gasteiger partial charge in [-0.2, -0.15) is 0 Å². The largest absolute Gasteiger partial charge is 0.488 e. The zero-order chi connectivity index (χ0) is 17.7. The predicted molar refractivity (Wildman–Crippen MR) is 88.4 cm³/mol. The number of hydrogen-bond acceptors (Lipinski definition) is 4. The highest BCUT2D eigenvalue weighted by molar-refractivity contribution is 7.90. The summed E-state index contributed by atoms with van der Waals surface area (Å²) in [6.07, 6.45) is 1.10. The molecule has 0 aliphatic carbocycles. The molecule has 2 aromatic rings. The topological polar surface area (TPSA) is 72.5 Å². The summed E-state index contributed by atoms with van der Waals surface area (Å²) in [6.45, 7) is 1.83. The molecule has 1 amide bonds. The molecule has 1 unspecified atom stereocenters. The predicted octanol–water partition coefficient (Wildman–Crippen LogP) is 2.43. The first-order chi connectivity index (χ1) is 11.3. The quantitative estimate of drug-likeness (QED) is 0.868. The van der Waals surface area contributed by atoms with Crippen LogP contribution in [0.15, 0.2) is 53.4 Å². The molecule has 1 N–H and O–H groups in total. The number of rotatable bonds is 6. The highest BCUT2D eigenvalue weighted by Gasteiger charge is 2.13. The van der Waals surface area contributed by atoms with Gasteiger partial charge in [0, 0.05) is 11.8 Å². The first kappa shape index (κ1) is 17.9. The molecule has 7 heteroatoms. The average Bonchev–Trinajstić information content (AvgIpc) is 2.53. The first-order valence-corrected chi connectivity index (χ1v) is 9.15. The minimum atomic E-state index is -3.30. The van der Waals surface area contributed by atoms with Crippen molar-refractivity contribution < 1.29 is 22.3 Å². The van der Waals surface area contributed by atoms with Crippen molar-refractivity contribution in [2.75, 3.05) is 12.9 Å². The maximum atomic E-state index is 13.4. The highest BCUT2D eigenvalue weighted by Crippen LogP contribution is 2.15. The van der Waals surface area contributed by atoms with Crippen molar-refractivity contribution in [3.05, 3.63) is 59.9 Å². The Labute approximate surface area is 140 Å². The van der Waals surface area contributed by atoms with E-state index in [1.54, 1.807) is 19.1 Å². The number of amides is 1. The maximum absolute atomic E-state index is 13.4. The van der Waals surface area contributed by atoms with Crippen LogP contribution in [0.25, 0.3) is 0 Å². The van der Waals surface area contributed by atoms with E-state index in [1.807, 2.05) is 0 Å². The molecule has 0 aliphatic heterocycles. The van der Waals surface area contributed by atoms with Crippen LogP contribution in [0.4, 0.5) is 4.39 Å². The Bertz CT molecular complexity index is 819. The molecule has 0 bridgehead atoms. The normalized spacial score (nSPS) is 12.5. The van der Waals surface area contributed by atoms with E-state index in [1.165, 1.54) is 36.4 Å². The number of carbonyl (C=O) groups is 1. The second-order valence-electron chi connectivity index (χ2n) is 5.41. The summed E-state index contributed by atoms with van der Waals surface area (Å²) in [7, 11) is -3.30. The lowest BCUT2D eigenvalue weighted by molar-refractivity contribution is 0.0926. The van der Waals surface area contributed by atoms with Crippen LogP contribution in [0.3, 0.4) is 0 Å². The van der Waals surface area contributed by atoms with E-state index in [2.05, 4.69) is 5.32 Å². The van der Waals surface area contributed by atoms with Gasteiger partial charge in [0.25, 0.3) is 5.91 Å². The summed E-state index contributed by atoms with van der Waals surface area (Å²) in [4.78, 5) is 12.3. The van der Waals surface area contributed by atoms with E-state index in [-0.39, 0.29) is 29.2 Å². The Morgan fingerprint density at radius 1 is 1.17 bits per heavy atom. The molecule has 2 aromatic carbocycles. The minimum absolute atomic E-state index is 0.105. The number of ether oxygens (including phenoxy) is 1. The molecule has 0 saturated heterocycles. The van der Waals surface area contributed by atoms with Crippen molar-refractivity contribution >= 4 is 15.7 Å². The van der Waals surface area contributed by atoms with E-state index in [4.69, 9.17) is 4.74 Å². The number of nitrogens with one attached hydrogen (secondary N) is 1. The van der Waals surface area contributed by atoms with Gasteiger partial charge < -0.3 is 10.1 Å². The van der Waals surface area contributed by atoms with Crippen LogP contribution >= 0.6 is 0 Å². The van der Waals surface area contributed by atoms with E-state index >= 15 is 0 Å². The molecule has 5 nitrogen and oxygen atoms in total. The van der Waals surface area contributed by atoms with Gasteiger partial charge in [-0.3, -0.25) is 4.79 Å². The van der Waals surface area contributed by atoms with Crippen molar-refractivity contribution in [3.63, 3.8) is 0 Å². The number of para-hydroxylation sites is 1. The second kappa shape index (κ2) is 7.44. The van der Waals surface area contributed by atoms with Gasteiger partial charge in [-0.05, 0) is 43.3 Å². The summed E-state index contributed by atoms with van der Waals surface area (Å²) in [5.41, 5.74) is 0.333. The van der Waals surface area contributed by atoms with Crippen LogP contribution in [-0.2, 0) is 9.84 Å². The van der Waals surface area contributed by atoms with Gasteiger partial charge in [-0.25, -0.2) is 12.8 Å². The van der Waals surface area contributed by atoms with Crippen molar-refractivity contribution in [3.8, 4) is 5.75 Å². The Hall–Kier alpha value is -2.41. The van der Waals surface area contributed by atoms with Crippen molar-refractivity contribution in [1.29, 1.82) is 0 Å². The number of carbonyl (C=O) groups excluding carboxylic acids is 1. The molecule has 0 spiro atoms. The molecule has 0 fully saturated rings. The van der Waals surface area contributed by atoms with E-state index in [0.29, 0.717) is 5.56 Å². The van der Waals surface area contributed by atoms with Gasteiger partial charge in [0.15, 0.2) is 21.4 Å². The first-order valence-electron chi connectivity index (χ1n) is 7.25. The third kappa shape index (κ3) is 4.79. The van der Waals surface area contributed by atoms with Gasteiger partial charge in [-0.1, -0.05) is 12.1 Å². The van der Waals surface area contributed by atoms with Crippen LogP contribution in [0.1, 0.15) is 17.3 Å². The number of sulfone groups is 1. The molecule has 0 heterocycles. The van der Waals surface area contributed by atoms with Gasteiger partial charge in [-0.15, -0.1) is 0 Å². The monoisotopic (exact) mass is 351 g/mol. The van der Waals surface area contributed by atoms with E-state index in [0.717, 1.165) is 6.26 Å². The highest BCUT2D eigenvalue weighted by atomic mass is 32.2. The van der Waals surface area contributed by atoms with E-state index < -0.39 is 15.7 Å². The van der Waals surface area contributed by atoms with Crippen LogP contribution < -0.4 is 10.1 Å². The third-order valence-electron chi connectivity index (χ3n) is 3.25. The molecule has 2 rings (SSSR count). The number of halogens is 1. The van der Waals surface area contributed by atoms with Crippen molar-refractivity contribution in [2.24, 2.45) is 0 Å². The average molecular weight is 351 g/mol. The SMILES string of the molecule is CC(COc1ccccc1F)NC(=O)c1ccc(S(C)(=O)=O)cc1. The zero-order valence-electron chi connectivity index (χ0n) is 13.3. The minimum Gasteiger partial charge on any atom is -0.488 e. The van der Waals surface area contributed by atoms with Gasteiger partial charge in [0.05, 0.1) is 10.9 Å². The fraction of sp³-hybridized carbons (Fsp3) is 0.235. The lowest BCUT2D eigenvalue weighted by atomic mass is 10.2. The fourth-order valence-electron chi connectivity index (χ4n) is 1.98. The standard InChI is InChI=1S/C17H18FNO4S/c1-12(11-23-16-6-4-3-5-15(16)18)19-17(20)13-7-9-14(10-8-13)24(2,21)22/h3-10,12H,11H2,1-2H3,(H,19,20). The summed E-state index contributed by atoms with van der Waals surface area (Å²) in [6, 6.07) is 11.3. The molecule has 0 aromatic heterocycles. The summed E-state index contributed by atoms with van der Waals surface area (Å²) >= 11 is 0. The molecule has 1 atom stereocenters. The van der Waals surface area contributed by atoms with Crippen LogP contribution in [0.5, 0.6) is 5.75 Å². The lowest BCUT2D eigenvalue weighted by Gasteiger charge is -2.15. The van der Waals surface area contributed by atoms with Crippen LogP contribution in [0.2, 0.25) is 0 Å². The number of benzene rings is 2. The van der Waals surface area contributed by atoms with Gasteiger partial charge >= 0.3 is 0 Å². The van der Waals surface area contributed by atoms with Crippen molar-refractivity contribution in [1.82, 2.24) is 5.32 Å². The zero-order valence-corrected chi connectivity index (χ0v) is 14.1. The fourth-order valence-corrected chi connectivity index (χ4v) is 2.61. The second-order valence-corrected chi connectivity index (χ2v) is 7.43. The molecular formula is C17H18FNO4S. The Morgan fingerprint density at radius 2 is 1.79 bits per heavy atom. The van der Waals surface area contributed by atoms with Gasteiger partial charge in [0.2, 0.25) is 0 Å². The molecular weight excluding hydrogens is 333 g/mol. The van der Waals surface area contributed by atoms with Gasteiger partial charge in [0.1, 0.15) is 6.61 Å². The molecule has 24 heavy (non-hydrogen) atoms. The Balaban J connectivity index is 1.93. The number of hydrogen-bond donors (Lipinski definition) is 1. The molecule has 128 valence electrons. The van der Waals surface area contributed by atoms with Crippen LogP contribution in [-0.4, -0.2) is 33.2 Å². The summed E-state index contributed by atoms with van der Waals surface area (Å²) < 4.78 is 41.6. The molecule has 0 radical (unpaired) electrons. The van der Waals surface area contributed by atoms with Crippen molar-refractivity contribution in [2.45, 2.75) is 17.9 Å². The Kier molecular flexibility index (Phi) is 5.56. The summed E-state index contributed by atoms with van der Waals surface area (Å²) in [5.74, 6) is -0.705. The van der Waals surface area contributed by atoms with Crippen LogP contribution in [0, 0.1) is 5.82 Å². The summed E-state index contributed by atoms with van der Waals surface area (Å²) in [5, 5.41) is 2.71. The molecule has 0 aliphatic rings. The Morgan fingerprint density at radius 3 is 2.38 bits per heavy atom. The smallest absolute Gasteiger partial charge is 0.251 e. The maximum Gasteiger partial charge on any atom is 0.251 e. The third-order valence-corrected chi connectivity index (χ3v) is 4.38. The lowest BCUT2D eigenvalue weighted by Crippen LogP contribution is -2.36. The molecule has 0 saturated carbocycles.